The molecule has 66 valence electrons. The molecule has 0 bridgehead atoms. The summed E-state index contributed by atoms with van der Waals surface area (Å²) in [5.74, 6) is 0.175. The Morgan fingerprint density at radius 1 is 1.45 bits per heavy atom. The lowest BCUT2D eigenvalue weighted by atomic mass is 10.2. The molecule has 0 aromatic carbocycles. The van der Waals surface area contributed by atoms with E-state index in [0.29, 0.717) is 12.5 Å². The van der Waals surface area contributed by atoms with E-state index in [1.807, 2.05) is 27.9 Å². The zero-order chi connectivity index (χ0) is 8.85. The van der Waals surface area contributed by atoms with E-state index in [1.54, 1.807) is 0 Å². The van der Waals surface area contributed by atoms with Gasteiger partial charge in [0.05, 0.1) is 0 Å². The van der Waals surface area contributed by atoms with Gasteiger partial charge in [-0.2, -0.15) is 0 Å². The number of carbonyl (C=O) groups excluding carboxylic acids is 1. The Balaban J connectivity index is 0.000000461. The molecular weight excluding hydrogens is 140 g/mol. The number of nitrogens with zero attached hydrogens (tertiary/aromatic N) is 1. The number of rotatable bonds is 1. The first-order valence-corrected chi connectivity index (χ1v) is 4.13. The van der Waals surface area contributed by atoms with Crippen LogP contribution < -0.4 is 5.32 Å². The van der Waals surface area contributed by atoms with Gasteiger partial charge in [0.2, 0.25) is 5.91 Å². The van der Waals surface area contributed by atoms with Crippen molar-refractivity contribution in [2.45, 2.75) is 26.3 Å². The van der Waals surface area contributed by atoms with E-state index in [2.05, 4.69) is 10.2 Å². The molecule has 1 rings (SSSR count). The normalized spacial score (nSPS) is 22.6. The Labute approximate surface area is 68.8 Å². The second-order valence-electron chi connectivity index (χ2n) is 2.63. The van der Waals surface area contributed by atoms with Crippen LogP contribution in [0.1, 0.15) is 20.3 Å². The van der Waals surface area contributed by atoms with Crippen molar-refractivity contribution < 1.29 is 4.79 Å². The van der Waals surface area contributed by atoms with Crippen LogP contribution >= 0.6 is 0 Å². The van der Waals surface area contributed by atoms with Crippen molar-refractivity contribution in [3.05, 3.63) is 0 Å². The van der Waals surface area contributed by atoms with Gasteiger partial charge < -0.3 is 10.2 Å². The molecular formula is C8H18N2O. The van der Waals surface area contributed by atoms with Crippen LogP contribution in [0, 0.1) is 0 Å². The highest BCUT2D eigenvalue weighted by Gasteiger charge is 2.22. The van der Waals surface area contributed by atoms with Gasteiger partial charge in [0, 0.05) is 19.0 Å². The van der Waals surface area contributed by atoms with E-state index in [1.165, 1.54) is 0 Å². The van der Waals surface area contributed by atoms with Crippen LogP contribution in [-0.4, -0.2) is 37.5 Å². The fourth-order valence-corrected chi connectivity index (χ4v) is 0.955. The predicted octanol–water partition coefficient (Wildman–Crippen LogP) is 0.463. The Kier molecular flexibility index (Phi) is 4.86. The van der Waals surface area contributed by atoms with Crippen LogP contribution in [0.5, 0.6) is 0 Å². The number of amides is 1. The molecule has 0 radical (unpaired) electrons. The summed E-state index contributed by atoms with van der Waals surface area (Å²) < 4.78 is 0. The lowest BCUT2D eigenvalue weighted by molar-refractivity contribution is -0.119. The minimum atomic E-state index is 0.175. The maximum absolute atomic E-state index is 10.6. The van der Waals surface area contributed by atoms with Gasteiger partial charge in [0.25, 0.3) is 0 Å². The number of carbonyl (C=O) groups is 1. The van der Waals surface area contributed by atoms with Gasteiger partial charge >= 0.3 is 0 Å². The Morgan fingerprint density at radius 3 is 2.18 bits per heavy atom. The largest absolute Gasteiger partial charge is 0.354 e. The summed E-state index contributed by atoms with van der Waals surface area (Å²) in [6, 6.07) is 0.414. The Morgan fingerprint density at radius 2 is 2.00 bits per heavy atom. The van der Waals surface area contributed by atoms with E-state index in [0.717, 1.165) is 6.54 Å². The van der Waals surface area contributed by atoms with Crippen LogP contribution in [-0.2, 0) is 4.79 Å². The summed E-state index contributed by atoms with van der Waals surface area (Å²) in [4.78, 5) is 12.7. The van der Waals surface area contributed by atoms with Crippen LogP contribution in [0.2, 0.25) is 0 Å². The molecule has 1 heterocycles. The molecule has 0 aliphatic carbocycles. The number of hydrogen-bond donors (Lipinski definition) is 1. The molecule has 11 heavy (non-hydrogen) atoms. The molecule has 1 saturated heterocycles. The van der Waals surface area contributed by atoms with Crippen molar-refractivity contribution in [1.82, 2.24) is 10.2 Å². The van der Waals surface area contributed by atoms with E-state index >= 15 is 0 Å². The van der Waals surface area contributed by atoms with E-state index in [-0.39, 0.29) is 5.91 Å². The van der Waals surface area contributed by atoms with Gasteiger partial charge in [0.15, 0.2) is 0 Å². The molecule has 1 fully saturated rings. The maximum Gasteiger partial charge on any atom is 0.221 e. The minimum absolute atomic E-state index is 0.175. The highest BCUT2D eigenvalue weighted by molar-refractivity contribution is 5.78. The second-order valence-corrected chi connectivity index (χ2v) is 2.63. The molecule has 0 aromatic rings. The summed E-state index contributed by atoms with van der Waals surface area (Å²) in [7, 11) is 3.98. The van der Waals surface area contributed by atoms with Crippen LogP contribution in [0.25, 0.3) is 0 Å². The first-order valence-electron chi connectivity index (χ1n) is 4.13. The first-order chi connectivity index (χ1) is 5.20. The second kappa shape index (κ2) is 5.13. The highest BCUT2D eigenvalue weighted by Crippen LogP contribution is 2.03. The van der Waals surface area contributed by atoms with Crippen molar-refractivity contribution >= 4 is 5.91 Å². The summed E-state index contributed by atoms with van der Waals surface area (Å²) in [6.45, 7) is 4.81. The predicted molar refractivity (Wildman–Crippen MR) is 46.4 cm³/mol. The molecule has 1 atom stereocenters. The molecule has 1 aliphatic rings. The quantitative estimate of drug-likeness (QED) is 0.601. The monoisotopic (exact) mass is 158 g/mol. The third-order valence-electron chi connectivity index (χ3n) is 1.69. The summed E-state index contributed by atoms with van der Waals surface area (Å²) >= 11 is 0. The highest BCUT2D eigenvalue weighted by atomic mass is 16.1. The SMILES string of the molecule is CC.CN(C)C1CNC(=O)C1. The first kappa shape index (κ1) is 10.4. The van der Waals surface area contributed by atoms with Gasteiger partial charge in [-0.05, 0) is 14.1 Å². The van der Waals surface area contributed by atoms with Crippen LogP contribution in [0.3, 0.4) is 0 Å². The Hall–Kier alpha value is -0.570. The molecule has 3 nitrogen and oxygen atoms in total. The van der Waals surface area contributed by atoms with Gasteiger partial charge in [-0.25, -0.2) is 0 Å². The van der Waals surface area contributed by atoms with Gasteiger partial charge in [0.1, 0.15) is 0 Å². The van der Waals surface area contributed by atoms with Gasteiger partial charge in [-0.3, -0.25) is 4.79 Å². The molecule has 0 aromatic heterocycles. The van der Waals surface area contributed by atoms with Crippen molar-refractivity contribution in [1.29, 1.82) is 0 Å². The molecule has 1 N–H and O–H groups in total. The minimum Gasteiger partial charge on any atom is -0.354 e. The van der Waals surface area contributed by atoms with Gasteiger partial charge in [-0.15, -0.1) is 0 Å². The third-order valence-corrected chi connectivity index (χ3v) is 1.69. The summed E-state index contributed by atoms with van der Waals surface area (Å²) in [5, 5.41) is 2.77. The zero-order valence-electron chi connectivity index (χ0n) is 7.85. The Bertz CT molecular complexity index is 123. The van der Waals surface area contributed by atoms with Gasteiger partial charge in [-0.1, -0.05) is 13.8 Å². The van der Waals surface area contributed by atoms with Crippen LogP contribution in [0.15, 0.2) is 0 Å². The fraction of sp³-hybridized carbons (Fsp3) is 0.875. The smallest absolute Gasteiger partial charge is 0.221 e. The van der Waals surface area contributed by atoms with Crippen molar-refractivity contribution in [2.24, 2.45) is 0 Å². The summed E-state index contributed by atoms with van der Waals surface area (Å²) in [5.41, 5.74) is 0. The third kappa shape index (κ3) is 3.37. The average Bonchev–Trinajstić information content (AvgIpc) is 2.40. The number of hydrogen-bond acceptors (Lipinski definition) is 2. The van der Waals surface area contributed by atoms with Crippen molar-refractivity contribution in [3.8, 4) is 0 Å². The van der Waals surface area contributed by atoms with Crippen LogP contribution in [0.4, 0.5) is 0 Å². The van der Waals surface area contributed by atoms with E-state index < -0.39 is 0 Å². The molecule has 1 unspecified atom stereocenters. The molecule has 0 spiro atoms. The maximum atomic E-state index is 10.6. The van der Waals surface area contributed by atoms with Crippen molar-refractivity contribution in [3.63, 3.8) is 0 Å². The molecule has 3 heteroatoms. The standard InChI is InChI=1S/C6H12N2O.C2H6/c1-8(2)5-3-6(9)7-4-5;1-2/h5H,3-4H2,1-2H3,(H,7,9);1-2H3. The molecule has 1 amide bonds. The molecule has 1 aliphatic heterocycles. The average molecular weight is 158 g/mol. The van der Waals surface area contributed by atoms with Crippen molar-refractivity contribution in [2.75, 3.05) is 20.6 Å². The van der Waals surface area contributed by atoms with E-state index in [9.17, 15) is 4.79 Å². The summed E-state index contributed by atoms with van der Waals surface area (Å²) in [6.07, 6.45) is 0.660. The lowest BCUT2D eigenvalue weighted by Crippen LogP contribution is -2.29. The number of likely N-dealkylation sites (N-methyl/N-ethyl adjacent to an activating group) is 1. The number of nitrogens with one attached hydrogen (secondary N) is 1. The topological polar surface area (TPSA) is 32.3 Å². The van der Waals surface area contributed by atoms with E-state index in [4.69, 9.17) is 0 Å². The zero-order valence-corrected chi connectivity index (χ0v) is 7.85. The molecule has 0 saturated carbocycles. The lowest BCUT2D eigenvalue weighted by Gasteiger charge is -2.15. The fourth-order valence-electron chi connectivity index (χ4n) is 0.955.